The van der Waals surface area contributed by atoms with Crippen molar-refractivity contribution >= 4 is 29.2 Å². The molecule has 82 valence electrons. The van der Waals surface area contributed by atoms with Gasteiger partial charge in [-0.2, -0.15) is 0 Å². The first-order valence-corrected chi connectivity index (χ1v) is 5.23. The van der Waals surface area contributed by atoms with Gasteiger partial charge >= 0.3 is 5.97 Å². The van der Waals surface area contributed by atoms with E-state index in [0.717, 1.165) is 0 Å². The Morgan fingerprint density at radius 3 is 2.60 bits per heavy atom. The van der Waals surface area contributed by atoms with Crippen LogP contribution in [0, 0.1) is 0 Å². The first-order valence-electron chi connectivity index (χ1n) is 4.47. The molecule has 1 unspecified atom stereocenters. The first-order chi connectivity index (χ1) is 7.06. The minimum Gasteiger partial charge on any atom is -0.480 e. The molecule has 0 aliphatic heterocycles. The molecule has 1 aromatic rings. The van der Waals surface area contributed by atoms with Crippen LogP contribution in [0.15, 0.2) is 18.2 Å². The third kappa shape index (κ3) is 3.09. The molecular formula is C10H11Cl2NO2. The molecule has 0 fully saturated rings. The van der Waals surface area contributed by atoms with Crippen LogP contribution >= 0.6 is 23.2 Å². The number of halogens is 2. The molecule has 0 radical (unpaired) electrons. The number of carboxylic acid groups (broad SMARTS) is 1. The lowest BCUT2D eigenvalue weighted by molar-refractivity contribution is -0.139. The minimum absolute atomic E-state index is 0.360. The molecule has 0 spiro atoms. The zero-order valence-corrected chi connectivity index (χ0v) is 9.64. The predicted molar refractivity (Wildman–Crippen MR) is 60.5 cm³/mol. The maximum Gasteiger partial charge on any atom is 0.325 e. The number of carbonyl (C=O) groups is 1. The molecule has 0 heterocycles. The zero-order valence-electron chi connectivity index (χ0n) is 8.13. The Bertz CT molecular complexity index is 368. The third-order valence-electron chi connectivity index (χ3n) is 1.93. The van der Waals surface area contributed by atoms with Gasteiger partial charge in [-0.1, -0.05) is 36.2 Å². The molecule has 1 aromatic carbocycles. The predicted octanol–water partition coefficient (Wildman–Crippen LogP) is 2.73. The van der Waals surface area contributed by atoms with Gasteiger partial charge in [-0.15, -0.1) is 0 Å². The maximum atomic E-state index is 10.9. The fourth-order valence-corrected chi connectivity index (χ4v) is 1.55. The van der Waals surface area contributed by atoms with Crippen LogP contribution in [-0.2, 0) is 4.79 Å². The molecular weight excluding hydrogens is 237 g/mol. The fourth-order valence-electron chi connectivity index (χ4n) is 1.24. The Hall–Kier alpha value is -0.770. The summed E-state index contributed by atoms with van der Waals surface area (Å²) in [7, 11) is 0. The van der Waals surface area contributed by atoms with E-state index in [4.69, 9.17) is 28.3 Å². The quantitative estimate of drug-likeness (QED) is 0.861. The van der Waals surface area contributed by atoms with Gasteiger partial charge in [0, 0.05) is 0 Å². The zero-order chi connectivity index (χ0) is 11.4. The Morgan fingerprint density at radius 1 is 1.47 bits per heavy atom. The Kier molecular flexibility index (Phi) is 4.39. The van der Waals surface area contributed by atoms with Crippen LogP contribution < -0.4 is 5.32 Å². The summed E-state index contributed by atoms with van der Waals surface area (Å²) in [5.74, 6) is -0.935. The van der Waals surface area contributed by atoms with Crippen LogP contribution in [0.1, 0.15) is 18.5 Å². The third-order valence-corrected chi connectivity index (χ3v) is 2.67. The molecule has 15 heavy (non-hydrogen) atoms. The number of likely N-dealkylation sites (N-methyl/N-ethyl adjacent to an activating group) is 1. The van der Waals surface area contributed by atoms with Crippen molar-refractivity contribution in [2.45, 2.75) is 13.0 Å². The van der Waals surface area contributed by atoms with E-state index in [2.05, 4.69) is 5.32 Å². The van der Waals surface area contributed by atoms with Gasteiger partial charge in [0.15, 0.2) is 0 Å². The van der Waals surface area contributed by atoms with Crippen molar-refractivity contribution < 1.29 is 9.90 Å². The second-order valence-corrected chi connectivity index (χ2v) is 3.82. The molecule has 0 aliphatic carbocycles. The number of rotatable bonds is 4. The molecule has 0 saturated heterocycles. The van der Waals surface area contributed by atoms with E-state index >= 15 is 0 Å². The molecule has 0 amide bonds. The van der Waals surface area contributed by atoms with Gasteiger partial charge in [-0.25, -0.2) is 0 Å². The topological polar surface area (TPSA) is 49.3 Å². The number of hydrogen-bond acceptors (Lipinski definition) is 2. The normalized spacial score (nSPS) is 12.5. The standard InChI is InChI=1S/C10H11Cl2NO2/c1-2-13-9(10(14)15)6-3-4-7(11)8(12)5-6/h3-5,9,13H,2H2,1H3,(H,14,15). The average Bonchev–Trinajstić information content (AvgIpc) is 2.18. The number of aliphatic carboxylic acids is 1. The highest BCUT2D eigenvalue weighted by Gasteiger charge is 2.18. The summed E-state index contributed by atoms with van der Waals surface area (Å²) in [6, 6.07) is 4.05. The van der Waals surface area contributed by atoms with Crippen LogP contribution in [0.5, 0.6) is 0 Å². The van der Waals surface area contributed by atoms with Crippen LogP contribution in [0.25, 0.3) is 0 Å². The van der Waals surface area contributed by atoms with Gasteiger partial charge < -0.3 is 10.4 Å². The molecule has 5 heteroatoms. The molecule has 2 N–H and O–H groups in total. The van der Waals surface area contributed by atoms with Crippen LogP contribution in [-0.4, -0.2) is 17.6 Å². The van der Waals surface area contributed by atoms with Gasteiger partial charge in [0.25, 0.3) is 0 Å². The number of hydrogen-bond donors (Lipinski definition) is 2. The molecule has 0 bridgehead atoms. The van der Waals surface area contributed by atoms with Gasteiger partial charge in [-0.05, 0) is 24.2 Å². The van der Waals surface area contributed by atoms with Crippen molar-refractivity contribution in [3.05, 3.63) is 33.8 Å². The highest BCUT2D eigenvalue weighted by Crippen LogP contribution is 2.25. The summed E-state index contributed by atoms with van der Waals surface area (Å²) >= 11 is 11.6. The minimum atomic E-state index is -0.935. The Morgan fingerprint density at radius 2 is 2.13 bits per heavy atom. The summed E-state index contributed by atoms with van der Waals surface area (Å²) in [6.45, 7) is 2.41. The highest BCUT2D eigenvalue weighted by molar-refractivity contribution is 6.42. The summed E-state index contributed by atoms with van der Waals surface area (Å²) in [4.78, 5) is 10.9. The van der Waals surface area contributed by atoms with E-state index in [1.807, 2.05) is 6.92 Å². The summed E-state index contributed by atoms with van der Waals surface area (Å²) in [6.07, 6.45) is 0. The number of benzene rings is 1. The second-order valence-electron chi connectivity index (χ2n) is 3.00. The molecule has 3 nitrogen and oxygen atoms in total. The highest BCUT2D eigenvalue weighted by atomic mass is 35.5. The summed E-state index contributed by atoms with van der Waals surface area (Å²) in [5.41, 5.74) is 0.596. The Balaban J connectivity index is 3.01. The van der Waals surface area contributed by atoms with Crippen LogP contribution in [0.4, 0.5) is 0 Å². The van der Waals surface area contributed by atoms with Crippen molar-refractivity contribution in [3.63, 3.8) is 0 Å². The molecule has 1 rings (SSSR count). The first kappa shape index (κ1) is 12.3. The monoisotopic (exact) mass is 247 g/mol. The van der Waals surface area contributed by atoms with Crippen LogP contribution in [0.3, 0.4) is 0 Å². The fraction of sp³-hybridized carbons (Fsp3) is 0.300. The lowest BCUT2D eigenvalue weighted by atomic mass is 10.1. The number of carboxylic acids is 1. The van der Waals surface area contributed by atoms with E-state index in [9.17, 15) is 4.79 Å². The van der Waals surface area contributed by atoms with E-state index in [1.165, 1.54) is 0 Å². The maximum absolute atomic E-state index is 10.9. The lowest BCUT2D eigenvalue weighted by Crippen LogP contribution is -2.28. The average molecular weight is 248 g/mol. The molecule has 0 saturated carbocycles. The Labute approximate surface area is 98.0 Å². The van der Waals surface area contributed by atoms with Gasteiger partial charge in [-0.3, -0.25) is 4.79 Å². The van der Waals surface area contributed by atoms with Gasteiger partial charge in [0.1, 0.15) is 6.04 Å². The van der Waals surface area contributed by atoms with Crippen molar-refractivity contribution in [3.8, 4) is 0 Å². The van der Waals surface area contributed by atoms with E-state index in [0.29, 0.717) is 22.2 Å². The SMILES string of the molecule is CCNC(C(=O)O)c1ccc(Cl)c(Cl)c1. The smallest absolute Gasteiger partial charge is 0.325 e. The van der Waals surface area contributed by atoms with Gasteiger partial charge in [0.2, 0.25) is 0 Å². The second kappa shape index (κ2) is 5.35. The number of nitrogens with one attached hydrogen (secondary N) is 1. The largest absolute Gasteiger partial charge is 0.480 e. The van der Waals surface area contributed by atoms with Crippen molar-refractivity contribution in [1.82, 2.24) is 5.32 Å². The van der Waals surface area contributed by atoms with E-state index in [1.54, 1.807) is 18.2 Å². The van der Waals surface area contributed by atoms with E-state index in [-0.39, 0.29) is 0 Å². The molecule has 0 aliphatic rings. The van der Waals surface area contributed by atoms with Crippen molar-refractivity contribution in [2.75, 3.05) is 6.54 Å². The van der Waals surface area contributed by atoms with Crippen molar-refractivity contribution in [1.29, 1.82) is 0 Å². The summed E-state index contributed by atoms with van der Waals surface area (Å²) in [5, 5.41) is 12.6. The van der Waals surface area contributed by atoms with Gasteiger partial charge in [0.05, 0.1) is 10.0 Å². The molecule has 1 atom stereocenters. The lowest BCUT2D eigenvalue weighted by Gasteiger charge is -2.13. The van der Waals surface area contributed by atoms with Crippen LogP contribution in [0.2, 0.25) is 10.0 Å². The molecule has 0 aromatic heterocycles. The van der Waals surface area contributed by atoms with Crippen molar-refractivity contribution in [2.24, 2.45) is 0 Å². The van der Waals surface area contributed by atoms with E-state index < -0.39 is 12.0 Å². The summed E-state index contributed by atoms with van der Waals surface area (Å²) < 4.78 is 0.